The molecule has 5 rings (SSSR count). The van der Waals surface area contributed by atoms with E-state index in [1.54, 1.807) is 19.5 Å². The van der Waals surface area contributed by atoms with E-state index in [-0.39, 0.29) is 18.0 Å². The Labute approximate surface area is 221 Å². The number of amides is 1. The summed E-state index contributed by atoms with van der Waals surface area (Å²) in [5.41, 5.74) is 6.58. The van der Waals surface area contributed by atoms with Crippen molar-refractivity contribution in [3.05, 3.63) is 95.8 Å². The summed E-state index contributed by atoms with van der Waals surface area (Å²) in [4.78, 5) is 23.0. The highest BCUT2D eigenvalue weighted by molar-refractivity contribution is 7.80. The molecule has 1 aliphatic rings. The Morgan fingerprint density at radius 1 is 1.08 bits per heavy atom. The molecule has 9 heteroatoms. The topological polar surface area (TPSA) is 84.3 Å². The molecule has 2 N–H and O–H groups in total. The Balaban J connectivity index is 1.68. The van der Waals surface area contributed by atoms with Gasteiger partial charge >= 0.3 is 0 Å². The molecule has 1 aromatic carbocycles. The normalized spacial score (nSPS) is 17.0. The quantitative estimate of drug-likeness (QED) is 0.351. The largest absolute Gasteiger partial charge is 0.495 e. The second kappa shape index (κ2) is 10.0. The molecule has 8 nitrogen and oxygen atoms in total. The Kier molecular flexibility index (Phi) is 6.62. The van der Waals surface area contributed by atoms with Crippen LogP contribution in [-0.4, -0.2) is 32.7 Å². The third-order valence-electron chi connectivity index (χ3n) is 6.56. The molecule has 4 aromatic rings. The molecule has 1 aliphatic heterocycles. The molecule has 0 spiro atoms. The zero-order chi connectivity index (χ0) is 26.1. The van der Waals surface area contributed by atoms with E-state index < -0.39 is 0 Å². The van der Waals surface area contributed by atoms with Gasteiger partial charge in [-0.15, -0.1) is 0 Å². The van der Waals surface area contributed by atoms with Gasteiger partial charge in [-0.05, 0) is 80.2 Å². The number of nitrogens with zero attached hydrogens (tertiary/aromatic N) is 4. The number of rotatable bonds is 6. The van der Waals surface area contributed by atoms with Gasteiger partial charge in [0.25, 0.3) is 0 Å². The molecule has 0 bridgehead atoms. The number of benzene rings is 1. The maximum atomic E-state index is 11.9. The highest BCUT2D eigenvalue weighted by atomic mass is 32.1. The van der Waals surface area contributed by atoms with Crippen LogP contribution in [0.2, 0.25) is 0 Å². The summed E-state index contributed by atoms with van der Waals surface area (Å²) >= 11 is 5.90. The van der Waals surface area contributed by atoms with E-state index in [0.29, 0.717) is 16.5 Å². The number of thiocarbonyl (C=S) groups is 1. The van der Waals surface area contributed by atoms with Crippen LogP contribution in [0.4, 0.5) is 11.4 Å². The summed E-state index contributed by atoms with van der Waals surface area (Å²) < 4.78 is 7.68. The Morgan fingerprint density at radius 3 is 2.59 bits per heavy atom. The second-order valence-electron chi connectivity index (χ2n) is 8.94. The molecule has 0 unspecified atom stereocenters. The maximum Gasteiger partial charge on any atom is 0.221 e. The van der Waals surface area contributed by atoms with Crippen LogP contribution in [0.3, 0.4) is 0 Å². The van der Waals surface area contributed by atoms with Crippen molar-refractivity contribution in [3.63, 3.8) is 0 Å². The van der Waals surface area contributed by atoms with Crippen LogP contribution in [0, 0.1) is 13.8 Å². The number of hydrogen-bond acceptors (Lipinski definition) is 5. The third-order valence-corrected chi connectivity index (χ3v) is 6.88. The van der Waals surface area contributed by atoms with Gasteiger partial charge in [0.2, 0.25) is 5.91 Å². The van der Waals surface area contributed by atoms with Gasteiger partial charge in [0.15, 0.2) is 5.11 Å². The Morgan fingerprint density at radius 2 is 1.92 bits per heavy atom. The average molecular weight is 513 g/mol. The fraction of sp³-hybridized carbons (Fsp3) is 0.214. The predicted octanol–water partition coefficient (Wildman–Crippen LogP) is 5.03. The number of ether oxygens (including phenoxy) is 1. The predicted molar refractivity (Wildman–Crippen MR) is 148 cm³/mol. The summed E-state index contributed by atoms with van der Waals surface area (Å²) in [6, 6.07) is 17.4. The SMILES string of the molecule is COc1ccc(N2C(=S)N[C@@H](c3ccccn3)[C@@H]2c2cc(C)n(-c3cccnc3)c2C)cc1NC(C)=O. The first-order valence-electron chi connectivity index (χ1n) is 11.9. The monoisotopic (exact) mass is 512 g/mol. The summed E-state index contributed by atoms with van der Waals surface area (Å²) in [6.45, 7) is 5.68. The fourth-order valence-corrected chi connectivity index (χ4v) is 5.40. The minimum Gasteiger partial charge on any atom is -0.495 e. The molecule has 0 radical (unpaired) electrons. The molecule has 3 aromatic heterocycles. The molecule has 0 saturated carbocycles. The van der Waals surface area contributed by atoms with Crippen molar-refractivity contribution in [3.8, 4) is 11.4 Å². The van der Waals surface area contributed by atoms with Crippen LogP contribution >= 0.6 is 12.2 Å². The number of aryl methyl sites for hydroxylation is 1. The van der Waals surface area contributed by atoms with Crippen molar-refractivity contribution < 1.29 is 9.53 Å². The number of carbonyl (C=O) groups is 1. The van der Waals surface area contributed by atoms with E-state index in [1.807, 2.05) is 54.7 Å². The van der Waals surface area contributed by atoms with E-state index >= 15 is 0 Å². The third kappa shape index (κ3) is 4.53. The molecular weight excluding hydrogens is 484 g/mol. The Hall–Kier alpha value is -4.24. The molecule has 1 saturated heterocycles. The molecular formula is C28H28N6O2S. The van der Waals surface area contributed by atoms with Crippen molar-refractivity contribution in [2.24, 2.45) is 0 Å². The highest BCUT2D eigenvalue weighted by Gasteiger charge is 2.42. The first-order valence-corrected chi connectivity index (χ1v) is 12.4. The number of pyridine rings is 2. The van der Waals surface area contributed by atoms with Crippen molar-refractivity contribution in [1.82, 2.24) is 19.9 Å². The summed E-state index contributed by atoms with van der Waals surface area (Å²) in [6.07, 6.45) is 5.42. The number of nitrogens with one attached hydrogen (secondary N) is 2. The van der Waals surface area contributed by atoms with Gasteiger partial charge < -0.3 is 24.8 Å². The second-order valence-corrected chi connectivity index (χ2v) is 9.32. The number of hydrogen-bond donors (Lipinski definition) is 2. The minimum atomic E-state index is -0.197. The average Bonchev–Trinajstić information content (AvgIpc) is 3.39. The molecule has 1 fully saturated rings. The van der Waals surface area contributed by atoms with E-state index in [1.165, 1.54) is 6.92 Å². The fourth-order valence-electron chi connectivity index (χ4n) is 5.05. The number of methoxy groups -OCH3 is 1. The van der Waals surface area contributed by atoms with E-state index in [0.717, 1.165) is 34.0 Å². The number of aromatic nitrogens is 3. The first kappa shape index (κ1) is 24.5. The summed E-state index contributed by atoms with van der Waals surface area (Å²) in [7, 11) is 1.58. The van der Waals surface area contributed by atoms with Crippen molar-refractivity contribution in [1.29, 1.82) is 0 Å². The van der Waals surface area contributed by atoms with Crippen LogP contribution in [-0.2, 0) is 4.79 Å². The molecule has 37 heavy (non-hydrogen) atoms. The molecule has 4 heterocycles. The zero-order valence-corrected chi connectivity index (χ0v) is 21.9. The van der Waals surface area contributed by atoms with E-state index in [9.17, 15) is 4.79 Å². The van der Waals surface area contributed by atoms with Gasteiger partial charge in [-0.3, -0.25) is 14.8 Å². The molecule has 1 amide bonds. The van der Waals surface area contributed by atoms with Crippen LogP contribution in [0.1, 0.15) is 41.7 Å². The van der Waals surface area contributed by atoms with Gasteiger partial charge in [0.1, 0.15) is 5.75 Å². The van der Waals surface area contributed by atoms with Crippen LogP contribution in [0.5, 0.6) is 5.75 Å². The van der Waals surface area contributed by atoms with Crippen LogP contribution in [0.25, 0.3) is 5.69 Å². The number of anilines is 2. The summed E-state index contributed by atoms with van der Waals surface area (Å²) in [5, 5.41) is 6.95. The first-order chi connectivity index (χ1) is 17.9. The van der Waals surface area contributed by atoms with E-state index in [4.69, 9.17) is 17.0 Å². The lowest BCUT2D eigenvalue weighted by atomic mass is 9.96. The lowest BCUT2D eigenvalue weighted by Gasteiger charge is -2.29. The lowest BCUT2D eigenvalue weighted by molar-refractivity contribution is -0.114. The van der Waals surface area contributed by atoms with Gasteiger partial charge in [0, 0.05) is 36.4 Å². The van der Waals surface area contributed by atoms with Crippen LogP contribution < -0.4 is 20.3 Å². The lowest BCUT2D eigenvalue weighted by Crippen LogP contribution is -2.29. The zero-order valence-electron chi connectivity index (χ0n) is 21.1. The summed E-state index contributed by atoms with van der Waals surface area (Å²) in [5.74, 6) is 0.394. The van der Waals surface area contributed by atoms with Crippen molar-refractivity contribution in [2.45, 2.75) is 32.9 Å². The minimum absolute atomic E-state index is 0.180. The van der Waals surface area contributed by atoms with Crippen molar-refractivity contribution in [2.75, 3.05) is 17.3 Å². The van der Waals surface area contributed by atoms with Gasteiger partial charge in [-0.2, -0.15) is 0 Å². The molecule has 0 aliphatic carbocycles. The highest BCUT2D eigenvalue weighted by Crippen LogP contribution is 2.45. The Bertz CT molecular complexity index is 1450. The van der Waals surface area contributed by atoms with Crippen molar-refractivity contribution >= 4 is 34.6 Å². The van der Waals surface area contributed by atoms with Gasteiger partial charge in [0.05, 0.1) is 42.5 Å². The number of carbonyl (C=O) groups excluding carboxylic acids is 1. The van der Waals surface area contributed by atoms with Crippen LogP contribution in [0.15, 0.2) is 73.2 Å². The van der Waals surface area contributed by atoms with E-state index in [2.05, 4.69) is 50.0 Å². The van der Waals surface area contributed by atoms with Gasteiger partial charge in [-0.25, -0.2) is 0 Å². The smallest absolute Gasteiger partial charge is 0.221 e. The standard InChI is InChI=1S/C28H28N6O2S/c1-17-14-22(18(2)33(17)21-8-7-12-29-16-21)27-26(23-9-5-6-13-30-23)32-28(37)34(27)20-10-11-25(36-4)24(15-20)31-19(3)35/h5-16,26-27H,1-4H3,(H,31,35)(H,32,37)/t26-,27-/m0/s1. The maximum absolute atomic E-state index is 11.9. The molecule has 188 valence electrons. The molecule has 2 atom stereocenters. The van der Waals surface area contributed by atoms with Gasteiger partial charge in [-0.1, -0.05) is 6.07 Å².